The SMILES string of the molecule is CCOC(=O)C1=C(COC(=O)c2cc(C)sc2C)NC(=O)N[C@H]1CC. The van der Waals surface area contributed by atoms with Gasteiger partial charge in [-0.2, -0.15) is 0 Å². The van der Waals surface area contributed by atoms with Crippen LogP contribution in [0.25, 0.3) is 0 Å². The van der Waals surface area contributed by atoms with Crippen LogP contribution in [0.3, 0.4) is 0 Å². The number of thiophene rings is 1. The van der Waals surface area contributed by atoms with Crippen LogP contribution in [0.15, 0.2) is 17.3 Å². The average Bonchev–Trinajstić information content (AvgIpc) is 2.90. The van der Waals surface area contributed by atoms with Crippen LogP contribution in [0.5, 0.6) is 0 Å². The topological polar surface area (TPSA) is 93.7 Å². The van der Waals surface area contributed by atoms with Gasteiger partial charge in [0.1, 0.15) is 6.61 Å². The van der Waals surface area contributed by atoms with Crippen molar-refractivity contribution >= 4 is 29.3 Å². The Balaban J connectivity index is 2.22. The Morgan fingerprint density at radius 3 is 2.48 bits per heavy atom. The van der Waals surface area contributed by atoms with Gasteiger partial charge in [0.05, 0.1) is 29.5 Å². The number of hydrogen-bond donors (Lipinski definition) is 2. The number of ether oxygens (including phenoxy) is 2. The summed E-state index contributed by atoms with van der Waals surface area (Å²) in [7, 11) is 0. The maximum absolute atomic E-state index is 12.3. The minimum atomic E-state index is -0.532. The third kappa shape index (κ3) is 4.39. The molecule has 0 fully saturated rings. The van der Waals surface area contributed by atoms with Gasteiger partial charge in [-0.3, -0.25) is 0 Å². The summed E-state index contributed by atoms with van der Waals surface area (Å²) in [6.07, 6.45) is 0.516. The molecule has 0 radical (unpaired) electrons. The highest BCUT2D eigenvalue weighted by Crippen LogP contribution is 2.22. The first-order valence-corrected chi connectivity index (χ1v) is 8.90. The highest BCUT2D eigenvalue weighted by molar-refractivity contribution is 7.12. The molecule has 1 atom stereocenters. The molecule has 1 aromatic heterocycles. The molecule has 2 heterocycles. The summed E-state index contributed by atoms with van der Waals surface area (Å²) in [6.45, 7) is 7.32. The Bertz CT molecular complexity index is 723. The summed E-state index contributed by atoms with van der Waals surface area (Å²) in [5.74, 6) is -1.02. The summed E-state index contributed by atoms with van der Waals surface area (Å²) >= 11 is 1.51. The van der Waals surface area contributed by atoms with Gasteiger partial charge in [0.25, 0.3) is 0 Å². The molecule has 2 rings (SSSR count). The molecule has 0 saturated heterocycles. The third-order valence-corrected chi connectivity index (χ3v) is 4.72. The summed E-state index contributed by atoms with van der Waals surface area (Å²) < 4.78 is 10.4. The van der Waals surface area contributed by atoms with E-state index in [1.165, 1.54) is 11.3 Å². The molecule has 1 aliphatic rings. The molecule has 0 aromatic carbocycles. The van der Waals surface area contributed by atoms with Crippen molar-refractivity contribution < 1.29 is 23.9 Å². The molecule has 0 unspecified atom stereocenters. The summed E-state index contributed by atoms with van der Waals surface area (Å²) in [6, 6.07) is 0.846. The number of esters is 2. The normalized spacial score (nSPS) is 17.0. The molecule has 25 heavy (non-hydrogen) atoms. The van der Waals surface area contributed by atoms with Crippen molar-refractivity contribution in [1.82, 2.24) is 10.6 Å². The van der Waals surface area contributed by atoms with Crippen LogP contribution in [0.1, 0.15) is 40.4 Å². The molecule has 0 saturated carbocycles. The highest BCUT2D eigenvalue weighted by Gasteiger charge is 2.32. The number of carbonyl (C=O) groups is 3. The fourth-order valence-electron chi connectivity index (χ4n) is 2.62. The Morgan fingerprint density at radius 2 is 1.92 bits per heavy atom. The van der Waals surface area contributed by atoms with Gasteiger partial charge in [-0.1, -0.05) is 6.92 Å². The van der Waals surface area contributed by atoms with Crippen LogP contribution >= 0.6 is 11.3 Å². The second-order valence-corrected chi connectivity index (χ2v) is 7.04. The number of nitrogens with one attached hydrogen (secondary N) is 2. The zero-order valence-corrected chi connectivity index (χ0v) is 15.5. The lowest BCUT2D eigenvalue weighted by Crippen LogP contribution is -2.51. The smallest absolute Gasteiger partial charge is 0.339 e. The third-order valence-electron chi connectivity index (χ3n) is 3.76. The van der Waals surface area contributed by atoms with E-state index in [4.69, 9.17) is 9.47 Å². The zero-order valence-electron chi connectivity index (χ0n) is 14.7. The lowest BCUT2D eigenvalue weighted by Gasteiger charge is -2.28. The Morgan fingerprint density at radius 1 is 1.20 bits per heavy atom. The minimum Gasteiger partial charge on any atom is -0.463 e. The maximum Gasteiger partial charge on any atom is 0.339 e. The van der Waals surface area contributed by atoms with Gasteiger partial charge in [-0.25, -0.2) is 14.4 Å². The van der Waals surface area contributed by atoms with E-state index in [1.54, 1.807) is 13.0 Å². The number of hydrogen-bond acceptors (Lipinski definition) is 6. The molecule has 0 bridgehead atoms. The number of rotatable bonds is 6. The molecular formula is C17H22N2O5S. The average molecular weight is 366 g/mol. The van der Waals surface area contributed by atoms with Crippen LogP contribution in [-0.4, -0.2) is 37.2 Å². The standard InChI is InChI=1S/C17H22N2O5S/c1-5-12-14(16(21)23-6-2)13(19-17(22)18-12)8-24-15(20)11-7-9(3)25-10(11)4/h7,12H,5-6,8H2,1-4H3,(H2,18,19,22)/t12-/m0/s1. The summed E-state index contributed by atoms with van der Waals surface area (Å²) in [5.41, 5.74) is 1.04. The van der Waals surface area contributed by atoms with E-state index in [1.807, 2.05) is 20.8 Å². The van der Waals surface area contributed by atoms with Crippen molar-refractivity contribution in [3.63, 3.8) is 0 Å². The molecule has 2 N–H and O–H groups in total. The lowest BCUT2D eigenvalue weighted by molar-refractivity contribution is -0.139. The Labute approximate surface area is 150 Å². The van der Waals surface area contributed by atoms with Crippen LogP contribution < -0.4 is 10.6 Å². The van der Waals surface area contributed by atoms with E-state index in [0.717, 1.165) is 9.75 Å². The second-order valence-electron chi connectivity index (χ2n) is 5.58. The minimum absolute atomic E-state index is 0.203. The van der Waals surface area contributed by atoms with Crippen molar-refractivity contribution in [2.24, 2.45) is 0 Å². The number of amides is 2. The first kappa shape index (κ1) is 19.0. The fraction of sp³-hybridized carbons (Fsp3) is 0.471. The predicted octanol–water partition coefficient (Wildman–Crippen LogP) is 2.43. The van der Waals surface area contributed by atoms with Gasteiger partial charge in [0, 0.05) is 9.75 Å². The van der Waals surface area contributed by atoms with Crippen molar-refractivity contribution in [2.75, 3.05) is 13.2 Å². The highest BCUT2D eigenvalue weighted by atomic mass is 32.1. The van der Waals surface area contributed by atoms with Crippen molar-refractivity contribution in [3.8, 4) is 0 Å². The summed E-state index contributed by atoms with van der Waals surface area (Å²) in [5, 5.41) is 5.22. The van der Waals surface area contributed by atoms with Gasteiger partial charge in [0.15, 0.2) is 0 Å². The van der Waals surface area contributed by atoms with Gasteiger partial charge in [0.2, 0.25) is 0 Å². The molecular weight excluding hydrogens is 344 g/mol. The predicted molar refractivity (Wildman–Crippen MR) is 93.5 cm³/mol. The van der Waals surface area contributed by atoms with Crippen LogP contribution in [-0.2, 0) is 14.3 Å². The Hall–Kier alpha value is -2.35. The fourth-order valence-corrected chi connectivity index (χ4v) is 3.54. The van der Waals surface area contributed by atoms with Gasteiger partial charge in [-0.15, -0.1) is 11.3 Å². The number of urea groups is 1. The molecule has 1 aliphatic heterocycles. The van der Waals surface area contributed by atoms with Crippen molar-refractivity contribution in [2.45, 2.75) is 40.2 Å². The van der Waals surface area contributed by atoms with E-state index < -0.39 is 24.0 Å². The first-order valence-electron chi connectivity index (χ1n) is 8.09. The van der Waals surface area contributed by atoms with Gasteiger partial charge < -0.3 is 20.1 Å². The van der Waals surface area contributed by atoms with E-state index in [2.05, 4.69) is 10.6 Å². The monoisotopic (exact) mass is 366 g/mol. The molecule has 2 amide bonds. The molecule has 136 valence electrons. The van der Waals surface area contributed by atoms with E-state index >= 15 is 0 Å². The molecule has 1 aromatic rings. The molecule has 0 aliphatic carbocycles. The van der Waals surface area contributed by atoms with Crippen LogP contribution in [0.2, 0.25) is 0 Å². The van der Waals surface area contributed by atoms with Crippen LogP contribution in [0.4, 0.5) is 4.79 Å². The van der Waals surface area contributed by atoms with Gasteiger partial charge >= 0.3 is 18.0 Å². The zero-order chi connectivity index (χ0) is 18.6. The molecule has 8 heteroatoms. The number of aryl methyl sites for hydroxylation is 2. The van der Waals surface area contributed by atoms with E-state index in [-0.39, 0.29) is 24.5 Å². The van der Waals surface area contributed by atoms with Gasteiger partial charge in [-0.05, 0) is 33.3 Å². The largest absolute Gasteiger partial charge is 0.463 e. The molecule has 0 spiro atoms. The maximum atomic E-state index is 12.3. The van der Waals surface area contributed by atoms with Crippen molar-refractivity contribution in [3.05, 3.63) is 32.7 Å². The quantitative estimate of drug-likeness (QED) is 0.754. The van der Waals surface area contributed by atoms with E-state index in [0.29, 0.717) is 12.0 Å². The van der Waals surface area contributed by atoms with Crippen LogP contribution in [0, 0.1) is 13.8 Å². The Kier molecular flexibility index (Phi) is 6.19. The molecule has 7 nitrogen and oxygen atoms in total. The lowest BCUT2D eigenvalue weighted by atomic mass is 10.0. The second kappa shape index (κ2) is 8.15. The first-order chi connectivity index (χ1) is 11.9. The summed E-state index contributed by atoms with van der Waals surface area (Å²) in [4.78, 5) is 38.2. The number of carbonyl (C=O) groups excluding carboxylic acids is 3. The van der Waals surface area contributed by atoms with E-state index in [9.17, 15) is 14.4 Å². The van der Waals surface area contributed by atoms with Crippen molar-refractivity contribution in [1.29, 1.82) is 0 Å².